The van der Waals surface area contributed by atoms with E-state index in [-0.39, 0.29) is 36.6 Å². The zero-order valence-electron chi connectivity index (χ0n) is 22.4. The molecule has 2 aromatic heterocycles. The zero-order valence-corrected chi connectivity index (χ0v) is 22.4. The molecule has 39 heavy (non-hydrogen) atoms. The van der Waals surface area contributed by atoms with Gasteiger partial charge in [-0.3, -0.25) is 14.6 Å². The molecule has 9 heteroatoms. The predicted octanol–water partition coefficient (Wildman–Crippen LogP) is 3.24. The van der Waals surface area contributed by atoms with E-state index in [1.807, 2.05) is 35.0 Å². The molecule has 0 bridgehead atoms. The standard InChI is InChI=1S/C30H34N6O3/c1-30(2,3)22-8-10-23(11-9-22)36-24(16-26(35-36)21-5-4-14-32-18-21)19-33-29(39)27(34-28(38)17-31)15-20-6-12-25(37)13-7-20/h4-14,16,18,27,37H,15,17,19,31H2,1-3H3,(H,33,39)(H,34,38)/t27-/m0/s1. The van der Waals surface area contributed by atoms with E-state index in [1.165, 1.54) is 5.56 Å². The summed E-state index contributed by atoms with van der Waals surface area (Å²) < 4.78 is 1.81. The van der Waals surface area contributed by atoms with Gasteiger partial charge in [0.2, 0.25) is 11.8 Å². The van der Waals surface area contributed by atoms with Crippen LogP contribution >= 0.6 is 0 Å². The molecule has 0 saturated heterocycles. The molecule has 2 aromatic carbocycles. The maximum atomic E-state index is 13.3. The number of hydrogen-bond acceptors (Lipinski definition) is 6. The molecule has 0 fully saturated rings. The van der Waals surface area contributed by atoms with Gasteiger partial charge in [-0.1, -0.05) is 45.0 Å². The molecule has 2 amide bonds. The SMILES string of the molecule is CC(C)(C)c1ccc(-n2nc(-c3cccnc3)cc2CNC(=O)[C@H](Cc2ccc(O)cc2)NC(=O)CN)cc1. The molecule has 0 spiro atoms. The molecule has 0 unspecified atom stereocenters. The fraction of sp³-hybridized carbons (Fsp3) is 0.267. The summed E-state index contributed by atoms with van der Waals surface area (Å²) in [6.45, 7) is 6.43. The lowest BCUT2D eigenvalue weighted by Crippen LogP contribution is -2.49. The number of nitrogens with zero attached hydrogens (tertiary/aromatic N) is 3. The topological polar surface area (TPSA) is 135 Å². The van der Waals surface area contributed by atoms with E-state index in [1.54, 1.807) is 36.7 Å². The number of phenolic OH excluding ortho intramolecular Hbond substituents is 1. The third kappa shape index (κ3) is 7.08. The number of phenols is 1. The van der Waals surface area contributed by atoms with Gasteiger partial charge in [-0.25, -0.2) is 4.68 Å². The molecule has 5 N–H and O–H groups in total. The highest BCUT2D eigenvalue weighted by Gasteiger charge is 2.22. The van der Waals surface area contributed by atoms with Crippen LogP contribution in [0.5, 0.6) is 5.75 Å². The van der Waals surface area contributed by atoms with Crippen molar-refractivity contribution in [3.8, 4) is 22.7 Å². The molecule has 0 saturated carbocycles. The number of pyridine rings is 1. The van der Waals surface area contributed by atoms with E-state index < -0.39 is 11.9 Å². The van der Waals surface area contributed by atoms with Gasteiger partial charge in [0.15, 0.2) is 0 Å². The van der Waals surface area contributed by atoms with Gasteiger partial charge in [0, 0.05) is 24.4 Å². The molecule has 4 aromatic rings. The van der Waals surface area contributed by atoms with Crippen molar-refractivity contribution in [3.05, 3.63) is 95.9 Å². The Morgan fingerprint density at radius 1 is 1.05 bits per heavy atom. The first-order chi connectivity index (χ1) is 18.6. The number of nitrogens with one attached hydrogen (secondary N) is 2. The Morgan fingerprint density at radius 3 is 2.38 bits per heavy atom. The summed E-state index contributed by atoms with van der Waals surface area (Å²) in [5.41, 5.74) is 10.7. The minimum atomic E-state index is -0.842. The highest BCUT2D eigenvalue weighted by atomic mass is 16.3. The Bertz CT molecular complexity index is 1410. The van der Waals surface area contributed by atoms with E-state index in [0.717, 1.165) is 28.2 Å². The Kier molecular flexibility index (Phi) is 8.41. The van der Waals surface area contributed by atoms with E-state index in [4.69, 9.17) is 10.8 Å². The van der Waals surface area contributed by atoms with E-state index in [0.29, 0.717) is 0 Å². The van der Waals surface area contributed by atoms with Gasteiger partial charge >= 0.3 is 0 Å². The molecular weight excluding hydrogens is 492 g/mol. The number of aromatic hydroxyl groups is 1. The lowest BCUT2D eigenvalue weighted by molar-refractivity contribution is -0.128. The molecule has 0 aliphatic rings. The lowest BCUT2D eigenvalue weighted by atomic mass is 9.87. The quantitative estimate of drug-likeness (QED) is 0.264. The van der Waals surface area contributed by atoms with Crippen LogP contribution in [0.4, 0.5) is 0 Å². The summed E-state index contributed by atoms with van der Waals surface area (Å²) in [4.78, 5) is 29.5. The Balaban J connectivity index is 1.59. The fourth-order valence-corrected chi connectivity index (χ4v) is 4.16. The Labute approximate surface area is 228 Å². The van der Waals surface area contributed by atoms with Gasteiger partial charge in [0.25, 0.3) is 0 Å². The van der Waals surface area contributed by atoms with Gasteiger partial charge in [0.05, 0.1) is 30.2 Å². The zero-order chi connectivity index (χ0) is 28.0. The average molecular weight is 527 g/mol. The van der Waals surface area contributed by atoms with Crippen molar-refractivity contribution in [2.45, 2.75) is 45.2 Å². The summed E-state index contributed by atoms with van der Waals surface area (Å²) in [7, 11) is 0. The van der Waals surface area contributed by atoms with Crippen molar-refractivity contribution in [3.63, 3.8) is 0 Å². The third-order valence-corrected chi connectivity index (χ3v) is 6.38. The average Bonchev–Trinajstić information content (AvgIpc) is 3.37. The number of nitrogens with two attached hydrogens (primary N) is 1. The molecular formula is C30H34N6O3. The van der Waals surface area contributed by atoms with Crippen LogP contribution in [0.2, 0.25) is 0 Å². The summed E-state index contributed by atoms with van der Waals surface area (Å²) in [6, 6.07) is 19.6. The fourth-order valence-electron chi connectivity index (χ4n) is 4.16. The van der Waals surface area contributed by atoms with Crippen LogP contribution in [0.15, 0.2) is 79.1 Å². The van der Waals surface area contributed by atoms with Crippen molar-refractivity contribution in [2.24, 2.45) is 5.73 Å². The maximum absolute atomic E-state index is 13.3. The largest absolute Gasteiger partial charge is 0.508 e. The van der Waals surface area contributed by atoms with E-state index in [9.17, 15) is 14.7 Å². The minimum absolute atomic E-state index is 0.0147. The second-order valence-corrected chi connectivity index (χ2v) is 10.4. The normalized spacial score (nSPS) is 12.1. The maximum Gasteiger partial charge on any atom is 0.243 e. The summed E-state index contributed by atoms with van der Waals surface area (Å²) in [5, 5.41) is 20.0. The van der Waals surface area contributed by atoms with Crippen molar-refractivity contribution in [2.75, 3.05) is 6.54 Å². The summed E-state index contributed by atoms with van der Waals surface area (Å²) in [6.07, 6.45) is 3.69. The monoisotopic (exact) mass is 526 g/mol. The minimum Gasteiger partial charge on any atom is -0.508 e. The molecule has 0 aliphatic carbocycles. The Hall–Kier alpha value is -4.50. The van der Waals surface area contributed by atoms with Crippen LogP contribution in [0.3, 0.4) is 0 Å². The lowest BCUT2D eigenvalue weighted by Gasteiger charge is -2.20. The molecule has 202 valence electrons. The van der Waals surface area contributed by atoms with Crippen LogP contribution in [-0.4, -0.2) is 44.3 Å². The number of amides is 2. The van der Waals surface area contributed by atoms with Crippen molar-refractivity contribution >= 4 is 11.8 Å². The molecule has 0 radical (unpaired) electrons. The number of hydrogen-bond donors (Lipinski definition) is 4. The number of benzene rings is 2. The van der Waals surface area contributed by atoms with Crippen LogP contribution in [0, 0.1) is 0 Å². The number of rotatable bonds is 9. The highest BCUT2D eigenvalue weighted by Crippen LogP contribution is 2.25. The number of carbonyl (C=O) groups excluding carboxylic acids is 2. The van der Waals surface area contributed by atoms with E-state index in [2.05, 4.69) is 48.5 Å². The van der Waals surface area contributed by atoms with Crippen molar-refractivity contribution in [1.82, 2.24) is 25.4 Å². The van der Waals surface area contributed by atoms with Crippen LogP contribution in [0.25, 0.3) is 16.9 Å². The number of aromatic nitrogens is 3. The molecule has 1 atom stereocenters. The van der Waals surface area contributed by atoms with Crippen LogP contribution in [-0.2, 0) is 28.0 Å². The molecule has 0 aliphatic heterocycles. The van der Waals surface area contributed by atoms with Gasteiger partial charge in [-0.05, 0) is 59.0 Å². The highest BCUT2D eigenvalue weighted by molar-refractivity contribution is 5.88. The second-order valence-electron chi connectivity index (χ2n) is 10.4. The smallest absolute Gasteiger partial charge is 0.243 e. The van der Waals surface area contributed by atoms with Crippen molar-refractivity contribution < 1.29 is 14.7 Å². The first-order valence-corrected chi connectivity index (χ1v) is 12.8. The number of carbonyl (C=O) groups is 2. The second kappa shape index (κ2) is 11.9. The van der Waals surface area contributed by atoms with E-state index >= 15 is 0 Å². The van der Waals surface area contributed by atoms with Crippen LogP contribution in [0.1, 0.15) is 37.6 Å². The van der Waals surface area contributed by atoms with Gasteiger partial charge in [-0.2, -0.15) is 5.10 Å². The predicted molar refractivity (Wildman–Crippen MR) is 150 cm³/mol. The molecule has 9 nitrogen and oxygen atoms in total. The summed E-state index contributed by atoms with van der Waals surface area (Å²) in [5.74, 6) is -0.667. The third-order valence-electron chi connectivity index (χ3n) is 6.38. The van der Waals surface area contributed by atoms with Gasteiger partial charge < -0.3 is 21.5 Å². The molecule has 2 heterocycles. The van der Waals surface area contributed by atoms with Gasteiger partial charge in [-0.15, -0.1) is 0 Å². The molecule has 4 rings (SSSR count). The van der Waals surface area contributed by atoms with Gasteiger partial charge in [0.1, 0.15) is 11.8 Å². The summed E-state index contributed by atoms with van der Waals surface area (Å²) >= 11 is 0. The first kappa shape index (κ1) is 27.5. The van der Waals surface area contributed by atoms with Crippen LogP contribution < -0.4 is 16.4 Å². The van der Waals surface area contributed by atoms with Crippen molar-refractivity contribution in [1.29, 1.82) is 0 Å². The first-order valence-electron chi connectivity index (χ1n) is 12.8. The Morgan fingerprint density at radius 2 is 1.77 bits per heavy atom.